The van der Waals surface area contributed by atoms with Crippen LogP contribution in [0.25, 0.3) is 0 Å². The van der Waals surface area contributed by atoms with Crippen LogP contribution in [-0.2, 0) is 4.79 Å². The topological polar surface area (TPSA) is 49.6 Å². The van der Waals surface area contributed by atoms with E-state index in [1.165, 1.54) is 0 Å². The summed E-state index contributed by atoms with van der Waals surface area (Å²) in [6.07, 6.45) is 0. The molecule has 1 fully saturated rings. The Balaban J connectivity index is 2.38. The summed E-state index contributed by atoms with van der Waals surface area (Å²) < 4.78 is 0. The number of aryl methyl sites for hydroxylation is 1. The number of nitrogens with zero attached hydrogens (tertiary/aromatic N) is 2. The Bertz CT molecular complexity index is 482. The molecule has 1 aliphatic heterocycles. The second-order valence-corrected chi connectivity index (χ2v) is 5.48. The number of carbonyl (C=O) groups is 1. The predicted molar refractivity (Wildman–Crippen MR) is 74.7 cm³/mol. The third kappa shape index (κ3) is 1.92. The number of amides is 1. The maximum atomic E-state index is 12.2. The number of likely N-dealkylation sites (N-methyl/N-ethyl adjacent to an activating group) is 1. The van der Waals surface area contributed by atoms with Crippen LogP contribution in [0.2, 0.25) is 0 Å². The van der Waals surface area contributed by atoms with Crippen LogP contribution in [0.4, 0.5) is 11.4 Å². The second-order valence-electron chi connectivity index (χ2n) is 5.48. The van der Waals surface area contributed by atoms with E-state index in [2.05, 4.69) is 11.0 Å². The molecule has 1 aromatic rings. The largest absolute Gasteiger partial charge is 0.399 e. The van der Waals surface area contributed by atoms with Crippen molar-refractivity contribution in [1.29, 1.82) is 0 Å². The number of anilines is 2. The number of piperazine rings is 1. The van der Waals surface area contributed by atoms with Gasteiger partial charge in [-0.3, -0.25) is 4.79 Å². The molecular weight excluding hydrogens is 226 g/mol. The first-order chi connectivity index (χ1) is 8.34. The lowest BCUT2D eigenvalue weighted by atomic mass is 9.96. The lowest BCUT2D eigenvalue weighted by Crippen LogP contribution is -2.62. The van der Waals surface area contributed by atoms with Crippen LogP contribution in [0.5, 0.6) is 0 Å². The number of hydrogen-bond donors (Lipinski definition) is 1. The summed E-state index contributed by atoms with van der Waals surface area (Å²) in [7, 11) is 1.86. The summed E-state index contributed by atoms with van der Waals surface area (Å²) in [6.45, 7) is 7.53. The summed E-state index contributed by atoms with van der Waals surface area (Å²) in [4.78, 5) is 16.2. The molecule has 0 atom stereocenters. The van der Waals surface area contributed by atoms with E-state index >= 15 is 0 Å². The fraction of sp³-hybridized carbons (Fsp3) is 0.500. The van der Waals surface area contributed by atoms with Crippen LogP contribution in [0, 0.1) is 6.92 Å². The summed E-state index contributed by atoms with van der Waals surface area (Å²) >= 11 is 0. The van der Waals surface area contributed by atoms with Gasteiger partial charge in [-0.15, -0.1) is 0 Å². The second kappa shape index (κ2) is 4.19. The fourth-order valence-corrected chi connectivity index (χ4v) is 2.49. The van der Waals surface area contributed by atoms with E-state index in [-0.39, 0.29) is 5.91 Å². The van der Waals surface area contributed by atoms with Crippen LogP contribution >= 0.6 is 0 Å². The van der Waals surface area contributed by atoms with Crippen LogP contribution in [0.3, 0.4) is 0 Å². The molecule has 0 radical (unpaired) electrons. The van der Waals surface area contributed by atoms with E-state index in [0.29, 0.717) is 0 Å². The van der Waals surface area contributed by atoms with Gasteiger partial charge in [0, 0.05) is 31.5 Å². The van der Waals surface area contributed by atoms with E-state index in [1.54, 1.807) is 4.90 Å². The van der Waals surface area contributed by atoms with Crippen LogP contribution in [-0.4, -0.2) is 36.5 Å². The van der Waals surface area contributed by atoms with Gasteiger partial charge >= 0.3 is 0 Å². The normalized spacial score (nSPS) is 19.2. The van der Waals surface area contributed by atoms with Gasteiger partial charge in [0.2, 0.25) is 5.91 Å². The monoisotopic (exact) mass is 247 g/mol. The Morgan fingerprint density at radius 1 is 1.28 bits per heavy atom. The van der Waals surface area contributed by atoms with Crippen molar-refractivity contribution in [1.82, 2.24) is 4.90 Å². The molecule has 2 rings (SSSR count). The quantitative estimate of drug-likeness (QED) is 0.767. The molecule has 1 heterocycles. The molecule has 2 N–H and O–H groups in total. The van der Waals surface area contributed by atoms with E-state index in [0.717, 1.165) is 30.0 Å². The molecule has 4 heteroatoms. The van der Waals surface area contributed by atoms with Gasteiger partial charge in [-0.05, 0) is 44.5 Å². The van der Waals surface area contributed by atoms with Crippen LogP contribution in [0.1, 0.15) is 19.4 Å². The zero-order valence-electron chi connectivity index (χ0n) is 11.5. The number of hydrogen-bond acceptors (Lipinski definition) is 3. The Kier molecular flexibility index (Phi) is 2.97. The zero-order chi connectivity index (χ0) is 13.5. The third-order valence-corrected chi connectivity index (χ3v) is 3.77. The first kappa shape index (κ1) is 12.7. The Morgan fingerprint density at radius 3 is 2.56 bits per heavy atom. The lowest BCUT2D eigenvalue weighted by Gasteiger charge is -2.46. The van der Waals surface area contributed by atoms with Gasteiger partial charge in [0.25, 0.3) is 0 Å². The van der Waals surface area contributed by atoms with Gasteiger partial charge in [0.05, 0.1) is 0 Å². The molecule has 0 saturated carbocycles. The van der Waals surface area contributed by atoms with Gasteiger partial charge in [-0.1, -0.05) is 0 Å². The first-order valence-electron chi connectivity index (χ1n) is 6.23. The van der Waals surface area contributed by atoms with Gasteiger partial charge in [-0.2, -0.15) is 0 Å². The molecule has 1 saturated heterocycles. The van der Waals surface area contributed by atoms with Crippen molar-refractivity contribution in [3.8, 4) is 0 Å². The van der Waals surface area contributed by atoms with Crippen molar-refractivity contribution in [2.45, 2.75) is 26.3 Å². The lowest BCUT2D eigenvalue weighted by molar-refractivity contribution is -0.136. The number of nitrogens with two attached hydrogens (primary N) is 1. The molecule has 0 bridgehead atoms. The van der Waals surface area contributed by atoms with Crippen LogP contribution < -0.4 is 10.6 Å². The maximum absolute atomic E-state index is 12.2. The first-order valence-corrected chi connectivity index (χ1v) is 6.23. The Morgan fingerprint density at radius 2 is 1.94 bits per heavy atom. The van der Waals surface area contributed by atoms with Gasteiger partial charge < -0.3 is 15.5 Å². The minimum atomic E-state index is -0.504. The van der Waals surface area contributed by atoms with E-state index in [1.807, 2.05) is 40.0 Å². The van der Waals surface area contributed by atoms with E-state index in [9.17, 15) is 4.79 Å². The molecule has 4 nitrogen and oxygen atoms in total. The highest BCUT2D eigenvalue weighted by atomic mass is 16.2. The predicted octanol–water partition coefficient (Wildman–Crippen LogP) is 1.63. The minimum absolute atomic E-state index is 0.156. The number of nitrogen functional groups attached to an aromatic ring is 1. The van der Waals surface area contributed by atoms with E-state index in [4.69, 9.17) is 5.73 Å². The van der Waals surface area contributed by atoms with E-state index < -0.39 is 5.54 Å². The minimum Gasteiger partial charge on any atom is -0.399 e. The van der Waals surface area contributed by atoms with Gasteiger partial charge in [-0.25, -0.2) is 0 Å². The summed E-state index contributed by atoms with van der Waals surface area (Å²) in [5.41, 5.74) is 8.24. The van der Waals surface area contributed by atoms with Crippen LogP contribution in [0.15, 0.2) is 18.2 Å². The van der Waals surface area contributed by atoms with Crippen molar-refractivity contribution in [3.05, 3.63) is 23.8 Å². The summed E-state index contributed by atoms with van der Waals surface area (Å²) in [6, 6.07) is 5.95. The van der Waals surface area contributed by atoms with Crippen molar-refractivity contribution >= 4 is 17.3 Å². The average molecular weight is 247 g/mol. The van der Waals surface area contributed by atoms with Gasteiger partial charge in [0.1, 0.15) is 5.54 Å². The average Bonchev–Trinajstić information content (AvgIpc) is 2.30. The van der Waals surface area contributed by atoms with Gasteiger partial charge in [0.15, 0.2) is 0 Å². The molecule has 18 heavy (non-hydrogen) atoms. The van der Waals surface area contributed by atoms with Crippen molar-refractivity contribution in [3.63, 3.8) is 0 Å². The number of rotatable bonds is 1. The summed E-state index contributed by atoms with van der Waals surface area (Å²) in [5, 5.41) is 0. The molecule has 0 spiro atoms. The highest BCUT2D eigenvalue weighted by Gasteiger charge is 2.40. The summed E-state index contributed by atoms with van der Waals surface area (Å²) in [5.74, 6) is 0.156. The maximum Gasteiger partial charge on any atom is 0.247 e. The van der Waals surface area contributed by atoms with Crippen molar-refractivity contribution in [2.75, 3.05) is 30.8 Å². The zero-order valence-corrected chi connectivity index (χ0v) is 11.5. The molecule has 0 aliphatic carbocycles. The molecule has 0 aromatic heterocycles. The highest BCUT2D eigenvalue weighted by molar-refractivity contribution is 5.90. The molecule has 1 aromatic carbocycles. The van der Waals surface area contributed by atoms with Crippen molar-refractivity contribution < 1.29 is 4.79 Å². The highest BCUT2D eigenvalue weighted by Crippen LogP contribution is 2.30. The van der Waals surface area contributed by atoms with Crippen molar-refractivity contribution in [2.24, 2.45) is 0 Å². The standard InChI is InChI=1S/C14H21N3O/c1-10-9-11(5-6-12(10)15)17-8-7-16(4)13(18)14(17,2)3/h5-6,9H,7-8,15H2,1-4H3. The number of carbonyl (C=O) groups excluding carboxylic acids is 1. The molecular formula is C14H21N3O. The Labute approximate surface area is 108 Å². The SMILES string of the molecule is Cc1cc(N2CCN(C)C(=O)C2(C)C)ccc1N. The fourth-order valence-electron chi connectivity index (χ4n) is 2.49. The molecule has 1 amide bonds. The third-order valence-electron chi connectivity index (χ3n) is 3.77. The Hall–Kier alpha value is -1.71. The number of benzene rings is 1. The smallest absolute Gasteiger partial charge is 0.247 e. The molecule has 98 valence electrons. The molecule has 1 aliphatic rings. The molecule has 0 unspecified atom stereocenters.